The highest BCUT2D eigenvalue weighted by molar-refractivity contribution is 7.18. The van der Waals surface area contributed by atoms with Crippen LogP contribution in [0.15, 0.2) is 33.9 Å². The molecule has 0 atom stereocenters. The molecule has 5 nitrogen and oxygen atoms in total. The molecule has 1 N–H and O–H groups in total. The fraction of sp³-hybridized carbons (Fsp3) is 0.235. The number of aryl methyl sites for hydroxylation is 2. The Morgan fingerprint density at radius 2 is 1.87 bits per heavy atom. The highest BCUT2D eigenvalue weighted by Crippen LogP contribution is 2.34. The molecule has 1 aliphatic rings. The van der Waals surface area contributed by atoms with Gasteiger partial charge in [0.2, 0.25) is 0 Å². The molecule has 114 valence electrons. The SMILES string of the molecule is O=c1[nH]n2c(=O)c3c4c(sc3nc2c2ccccc12)CCCC4. The second-order valence-corrected chi connectivity index (χ2v) is 7.04. The molecule has 0 fully saturated rings. The molecule has 0 unspecified atom stereocenters. The summed E-state index contributed by atoms with van der Waals surface area (Å²) in [7, 11) is 0. The van der Waals surface area contributed by atoms with E-state index in [2.05, 4.69) is 5.10 Å². The van der Waals surface area contributed by atoms with Gasteiger partial charge in [0, 0.05) is 10.3 Å². The summed E-state index contributed by atoms with van der Waals surface area (Å²) in [5.74, 6) is 0. The van der Waals surface area contributed by atoms with Gasteiger partial charge in [-0.1, -0.05) is 18.2 Å². The normalized spacial score (nSPS) is 14.6. The van der Waals surface area contributed by atoms with Crippen LogP contribution in [0.25, 0.3) is 26.6 Å². The Labute approximate surface area is 134 Å². The van der Waals surface area contributed by atoms with Gasteiger partial charge in [0.05, 0.1) is 10.8 Å². The maximum Gasteiger partial charge on any atom is 0.281 e. The minimum atomic E-state index is -0.263. The lowest BCUT2D eigenvalue weighted by molar-refractivity contribution is 0.699. The van der Waals surface area contributed by atoms with Gasteiger partial charge < -0.3 is 0 Å². The number of hydrogen-bond acceptors (Lipinski definition) is 4. The molecule has 0 saturated heterocycles. The maximum absolute atomic E-state index is 13.0. The standard InChI is InChI=1S/C17H13N3O2S/c21-15-10-6-2-1-5-9(10)14-18-16-13(17(22)20(14)19-15)11-7-3-4-8-12(11)23-16/h1-2,5-6H,3-4,7-8H2,(H,19,21). The smallest absolute Gasteiger partial charge is 0.267 e. The summed E-state index contributed by atoms with van der Waals surface area (Å²) in [5.41, 5.74) is 1.24. The molecule has 0 saturated carbocycles. The Morgan fingerprint density at radius 1 is 1.09 bits per heavy atom. The van der Waals surface area contributed by atoms with E-state index in [4.69, 9.17) is 4.98 Å². The van der Waals surface area contributed by atoms with Crippen molar-refractivity contribution in [3.8, 4) is 0 Å². The van der Waals surface area contributed by atoms with E-state index >= 15 is 0 Å². The van der Waals surface area contributed by atoms with Crippen LogP contribution in [-0.2, 0) is 12.8 Å². The number of nitrogens with zero attached hydrogens (tertiary/aromatic N) is 2. The van der Waals surface area contributed by atoms with Crippen LogP contribution in [0.4, 0.5) is 0 Å². The molecule has 3 aromatic heterocycles. The third-order valence-corrected chi connectivity index (χ3v) is 5.80. The first-order valence-electron chi connectivity index (χ1n) is 7.72. The highest BCUT2D eigenvalue weighted by Gasteiger charge is 2.21. The van der Waals surface area contributed by atoms with Gasteiger partial charge in [-0.2, -0.15) is 4.52 Å². The van der Waals surface area contributed by atoms with Crippen molar-refractivity contribution in [1.82, 2.24) is 14.6 Å². The third kappa shape index (κ3) is 1.69. The van der Waals surface area contributed by atoms with Crippen molar-refractivity contribution in [2.75, 3.05) is 0 Å². The molecule has 1 aliphatic carbocycles. The van der Waals surface area contributed by atoms with Crippen molar-refractivity contribution < 1.29 is 0 Å². The summed E-state index contributed by atoms with van der Waals surface area (Å²) >= 11 is 1.63. The van der Waals surface area contributed by atoms with Gasteiger partial charge in [-0.05, 0) is 37.3 Å². The second-order valence-electron chi connectivity index (χ2n) is 5.95. The molecule has 3 heterocycles. The number of H-pyrrole nitrogens is 1. The minimum Gasteiger partial charge on any atom is -0.267 e. The van der Waals surface area contributed by atoms with Crippen molar-refractivity contribution in [2.45, 2.75) is 25.7 Å². The average molecular weight is 323 g/mol. The van der Waals surface area contributed by atoms with Gasteiger partial charge in [0.15, 0.2) is 5.65 Å². The summed E-state index contributed by atoms with van der Waals surface area (Å²) in [6.07, 6.45) is 4.22. The Bertz CT molecular complexity index is 1220. The second kappa shape index (κ2) is 4.52. The topological polar surface area (TPSA) is 67.2 Å². The van der Waals surface area contributed by atoms with E-state index in [1.54, 1.807) is 17.4 Å². The number of benzene rings is 1. The number of thiophene rings is 1. The predicted octanol–water partition coefficient (Wildman–Crippen LogP) is 2.63. The first-order valence-corrected chi connectivity index (χ1v) is 8.54. The molecular weight excluding hydrogens is 310 g/mol. The largest absolute Gasteiger partial charge is 0.281 e. The number of rotatable bonds is 0. The van der Waals surface area contributed by atoms with E-state index in [9.17, 15) is 9.59 Å². The van der Waals surface area contributed by atoms with Crippen LogP contribution in [0.2, 0.25) is 0 Å². The van der Waals surface area contributed by atoms with Gasteiger partial charge in [0.25, 0.3) is 11.1 Å². The Morgan fingerprint density at radius 3 is 2.74 bits per heavy atom. The molecule has 0 radical (unpaired) electrons. The van der Waals surface area contributed by atoms with Crippen molar-refractivity contribution >= 4 is 38.0 Å². The molecule has 23 heavy (non-hydrogen) atoms. The Kier molecular flexibility index (Phi) is 2.56. The van der Waals surface area contributed by atoms with Crippen molar-refractivity contribution in [3.63, 3.8) is 0 Å². The molecule has 1 aromatic carbocycles. The summed E-state index contributed by atoms with van der Waals surface area (Å²) in [5, 5.41) is 4.63. The van der Waals surface area contributed by atoms with Crippen LogP contribution in [0, 0.1) is 0 Å². The van der Waals surface area contributed by atoms with Crippen LogP contribution in [0.5, 0.6) is 0 Å². The maximum atomic E-state index is 13.0. The lowest BCUT2D eigenvalue weighted by Gasteiger charge is -2.10. The summed E-state index contributed by atoms with van der Waals surface area (Å²) in [6, 6.07) is 7.27. The Balaban J connectivity index is 2.05. The molecule has 0 bridgehead atoms. The fourth-order valence-corrected chi connectivity index (χ4v) is 4.78. The number of fused-ring (bicyclic) bond motifs is 6. The van der Waals surface area contributed by atoms with E-state index in [-0.39, 0.29) is 11.1 Å². The predicted molar refractivity (Wildman–Crippen MR) is 91.6 cm³/mol. The third-order valence-electron chi connectivity index (χ3n) is 4.61. The zero-order valence-electron chi connectivity index (χ0n) is 12.3. The molecule has 6 heteroatoms. The molecule has 0 spiro atoms. The first-order chi connectivity index (χ1) is 11.2. The fourth-order valence-electron chi connectivity index (χ4n) is 3.53. The molecular formula is C17H13N3O2S. The molecule has 5 rings (SSSR count). The van der Waals surface area contributed by atoms with Crippen LogP contribution in [-0.4, -0.2) is 14.6 Å². The van der Waals surface area contributed by atoms with E-state index in [1.807, 2.05) is 18.2 Å². The lowest BCUT2D eigenvalue weighted by Crippen LogP contribution is -2.24. The summed E-state index contributed by atoms with van der Waals surface area (Å²) in [6.45, 7) is 0. The number of aromatic nitrogens is 3. The van der Waals surface area contributed by atoms with Crippen molar-refractivity contribution in [2.24, 2.45) is 0 Å². The number of nitrogens with one attached hydrogen (secondary N) is 1. The first kappa shape index (κ1) is 13.0. The van der Waals surface area contributed by atoms with Gasteiger partial charge in [-0.25, -0.2) is 4.98 Å². The number of aromatic amines is 1. The van der Waals surface area contributed by atoms with E-state index in [1.165, 1.54) is 15.8 Å². The van der Waals surface area contributed by atoms with Gasteiger partial charge in [-0.3, -0.25) is 14.7 Å². The van der Waals surface area contributed by atoms with Crippen molar-refractivity contribution in [3.05, 3.63) is 55.4 Å². The van der Waals surface area contributed by atoms with Gasteiger partial charge >= 0.3 is 0 Å². The van der Waals surface area contributed by atoms with Crippen LogP contribution in [0.3, 0.4) is 0 Å². The van der Waals surface area contributed by atoms with Crippen LogP contribution >= 0.6 is 11.3 Å². The van der Waals surface area contributed by atoms with Gasteiger partial charge in [-0.15, -0.1) is 11.3 Å². The zero-order chi connectivity index (χ0) is 15.6. The van der Waals surface area contributed by atoms with Crippen molar-refractivity contribution in [1.29, 1.82) is 0 Å². The summed E-state index contributed by atoms with van der Waals surface area (Å²) in [4.78, 5) is 32.0. The Hall–Kier alpha value is -2.47. The van der Waals surface area contributed by atoms with Crippen LogP contribution < -0.4 is 11.1 Å². The summed E-state index contributed by atoms with van der Waals surface area (Å²) < 4.78 is 1.31. The van der Waals surface area contributed by atoms with E-state index in [0.29, 0.717) is 21.8 Å². The minimum absolute atomic E-state index is 0.160. The molecule has 0 amide bonds. The van der Waals surface area contributed by atoms with Gasteiger partial charge in [0.1, 0.15) is 4.83 Å². The quantitative estimate of drug-likeness (QED) is 0.506. The van der Waals surface area contributed by atoms with E-state index in [0.717, 1.165) is 29.7 Å². The molecule has 4 aromatic rings. The highest BCUT2D eigenvalue weighted by atomic mass is 32.1. The monoisotopic (exact) mass is 323 g/mol. The average Bonchev–Trinajstić information content (AvgIpc) is 2.95. The number of hydrogen-bond donors (Lipinski definition) is 1. The zero-order valence-corrected chi connectivity index (χ0v) is 13.1. The van der Waals surface area contributed by atoms with Crippen LogP contribution in [0.1, 0.15) is 23.3 Å². The molecule has 0 aliphatic heterocycles. The lowest BCUT2D eigenvalue weighted by atomic mass is 9.97. The van der Waals surface area contributed by atoms with E-state index < -0.39 is 0 Å².